The van der Waals surface area contributed by atoms with Gasteiger partial charge in [0.1, 0.15) is 12.4 Å². The maximum Gasteiger partial charge on any atom is 0.244 e. The van der Waals surface area contributed by atoms with Crippen molar-refractivity contribution in [3.8, 4) is 0 Å². The van der Waals surface area contributed by atoms with Crippen LogP contribution in [-0.4, -0.2) is 21.2 Å². The van der Waals surface area contributed by atoms with Gasteiger partial charge in [-0.3, -0.25) is 14.6 Å². The number of hydrogen-bond acceptors (Lipinski definition) is 3. The minimum atomic E-state index is -0.0798. The van der Waals surface area contributed by atoms with Gasteiger partial charge in [-0.05, 0) is 12.1 Å². The lowest BCUT2D eigenvalue weighted by atomic mass is 10.1. The third-order valence-corrected chi connectivity index (χ3v) is 4.67. The monoisotopic (exact) mass is 464 g/mol. The molecule has 0 unspecified atom stereocenters. The number of pyridine rings is 1. The van der Waals surface area contributed by atoms with Gasteiger partial charge in [0.15, 0.2) is 6.54 Å². The number of fused-ring (bicyclic) bond motifs is 1. The Bertz CT molecular complexity index is 1150. The maximum atomic E-state index is 12.4. The number of benzene rings is 2. The largest absolute Gasteiger partial charge is 1.00 e. The Labute approximate surface area is 185 Å². The van der Waals surface area contributed by atoms with Crippen LogP contribution >= 0.6 is 0 Å². The van der Waals surface area contributed by atoms with E-state index < -0.39 is 0 Å². The number of ketones is 1. The Hall–Kier alpha value is -3.32. The Morgan fingerprint density at radius 3 is 2.63 bits per heavy atom. The van der Waals surface area contributed by atoms with Crippen LogP contribution in [0.2, 0.25) is 0 Å². The number of aromatic nitrogens is 3. The fraction of sp³-hybridized carbons (Fsp3) is 0.130. The highest BCUT2D eigenvalue weighted by atomic mass is 79.9. The molecule has 0 atom stereocenters. The highest BCUT2D eigenvalue weighted by Gasteiger charge is 2.13. The summed E-state index contributed by atoms with van der Waals surface area (Å²) in [6.07, 6.45) is 7.59. The average Bonchev–Trinajstić information content (AvgIpc) is 3.20. The first kappa shape index (κ1) is 21.4. The number of hydrogen-bond donors (Lipinski definition) is 1. The molecule has 2 heterocycles. The molecule has 0 saturated heterocycles. The summed E-state index contributed by atoms with van der Waals surface area (Å²) in [5, 5.41) is 3.93. The van der Waals surface area contributed by atoms with Gasteiger partial charge in [-0.25, -0.2) is 9.13 Å². The van der Waals surface area contributed by atoms with Gasteiger partial charge in [-0.15, -0.1) is 0 Å². The predicted molar refractivity (Wildman–Crippen MR) is 110 cm³/mol. The zero-order valence-corrected chi connectivity index (χ0v) is 17.8. The van der Waals surface area contributed by atoms with Crippen LogP contribution in [0.25, 0.3) is 10.9 Å². The van der Waals surface area contributed by atoms with E-state index in [1.807, 2.05) is 88.5 Å². The molecule has 1 amide bonds. The van der Waals surface area contributed by atoms with E-state index in [1.165, 1.54) is 0 Å². The van der Waals surface area contributed by atoms with E-state index in [9.17, 15) is 9.59 Å². The molecule has 0 aliphatic heterocycles. The number of nitrogens with one attached hydrogen (secondary N) is 1. The molecule has 7 heteroatoms. The Balaban J connectivity index is 0.00000256. The summed E-state index contributed by atoms with van der Waals surface area (Å²) in [6, 6.07) is 18.8. The number of carbonyl (C=O) groups is 2. The smallest absolute Gasteiger partial charge is 0.244 e. The van der Waals surface area contributed by atoms with Crippen molar-refractivity contribution in [2.24, 2.45) is 0 Å². The lowest BCUT2D eigenvalue weighted by Crippen LogP contribution is -3.00. The van der Waals surface area contributed by atoms with Gasteiger partial charge in [-0.1, -0.05) is 48.5 Å². The molecule has 0 radical (unpaired) electrons. The van der Waals surface area contributed by atoms with Gasteiger partial charge < -0.3 is 22.3 Å². The summed E-state index contributed by atoms with van der Waals surface area (Å²) < 4.78 is 3.72. The Kier molecular flexibility index (Phi) is 7.08. The number of carbonyl (C=O) groups excluding carboxylic acids is 2. The van der Waals surface area contributed by atoms with E-state index in [4.69, 9.17) is 0 Å². The van der Waals surface area contributed by atoms with Crippen molar-refractivity contribution in [3.05, 3.63) is 91.1 Å². The van der Waals surface area contributed by atoms with Crippen molar-refractivity contribution in [2.45, 2.75) is 19.5 Å². The second-order valence-corrected chi connectivity index (χ2v) is 6.79. The molecule has 0 spiro atoms. The normalized spacial score (nSPS) is 10.4. The van der Waals surface area contributed by atoms with Crippen LogP contribution in [0.1, 0.15) is 16.8 Å². The van der Waals surface area contributed by atoms with Gasteiger partial charge in [0.25, 0.3) is 0 Å². The summed E-state index contributed by atoms with van der Waals surface area (Å²) in [7, 11) is 0. The summed E-state index contributed by atoms with van der Waals surface area (Å²) in [6.45, 7) is 0.793. The summed E-state index contributed by atoms with van der Waals surface area (Å²) in [5.41, 5.74) is 2.18. The van der Waals surface area contributed by atoms with Crippen molar-refractivity contribution in [1.29, 1.82) is 0 Å². The minimum absolute atomic E-state index is 0. The van der Waals surface area contributed by atoms with Crippen molar-refractivity contribution in [3.63, 3.8) is 0 Å². The predicted octanol–water partition coefficient (Wildman–Crippen LogP) is 0.240. The molecule has 2 aromatic carbocycles. The molecule has 0 saturated carbocycles. The number of para-hydroxylation sites is 1. The van der Waals surface area contributed by atoms with Gasteiger partial charge in [0.2, 0.25) is 18.0 Å². The van der Waals surface area contributed by atoms with E-state index in [1.54, 1.807) is 6.20 Å². The first-order valence-electron chi connectivity index (χ1n) is 9.46. The Morgan fingerprint density at radius 2 is 1.80 bits per heavy atom. The molecule has 2 aromatic heterocycles. The second-order valence-electron chi connectivity index (χ2n) is 6.79. The molecule has 1 N–H and O–H groups in total. The lowest BCUT2D eigenvalue weighted by Gasteiger charge is -2.07. The van der Waals surface area contributed by atoms with Crippen LogP contribution in [0.3, 0.4) is 0 Å². The minimum Gasteiger partial charge on any atom is -1.00 e. The third kappa shape index (κ3) is 5.18. The van der Waals surface area contributed by atoms with Gasteiger partial charge in [0, 0.05) is 17.1 Å². The number of halogens is 1. The first-order chi connectivity index (χ1) is 14.2. The molecule has 152 valence electrons. The highest BCUT2D eigenvalue weighted by molar-refractivity contribution is 6.00. The van der Waals surface area contributed by atoms with E-state index in [0.717, 1.165) is 10.9 Å². The third-order valence-electron chi connectivity index (χ3n) is 4.67. The van der Waals surface area contributed by atoms with Crippen molar-refractivity contribution in [1.82, 2.24) is 9.55 Å². The van der Waals surface area contributed by atoms with E-state index in [2.05, 4.69) is 10.3 Å². The zero-order chi connectivity index (χ0) is 20.1. The van der Waals surface area contributed by atoms with Gasteiger partial charge in [-0.2, -0.15) is 0 Å². The summed E-state index contributed by atoms with van der Waals surface area (Å²) in [4.78, 5) is 29.0. The number of aryl methyl sites for hydroxylation is 1. The molecule has 6 nitrogen and oxygen atoms in total. The summed E-state index contributed by atoms with van der Waals surface area (Å²) >= 11 is 0. The molecule has 4 rings (SSSR count). The molecule has 0 aliphatic rings. The number of amides is 1. The quantitative estimate of drug-likeness (QED) is 0.314. The summed E-state index contributed by atoms with van der Waals surface area (Å²) in [5.74, 6) is -0.0293. The molecule has 0 aliphatic carbocycles. The number of Topliss-reactive ketones (excluding diaryl/α,β-unsaturated/α-hetero) is 1. The molecular weight excluding hydrogens is 444 g/mol. The Morgan fingerprint density at radius 1 is 1.00 bits per heavy atom. The number of anilines is 1. The standard InChI is InChI=1S/C23H20N4O2.BrH/c28-21(18-6-2-1-3-7-18)16-27-15-14-26(17-27)13-11-22(29)25-20-10-4-8-19-9-5-12-24-23(19)20;/h1-10,12,14-15,17H,11,13,16H2;1H. The number of nitrogens with zero attached hydrogens (tertiary/aromatic N) is 3. The van der Waals surface area contributed by atoms with Crippen LogP contribution < -0.4 is 26.9 Å². The van der Waals surface area contributed by atoms with E-state index >= 15 is 0 Å². The lowest BCUT2D eigenvalue weighted by molar-refractivity contribution is -0.682. The molecular formula is C23H21BrN4O2. The van der Waals surface area contributed by atoms with Crippen LogP contribution in [0, 0.1) is 0 Å². The maximum absolute atomic E-state index is 12.4. The fourth-order valence-electron chi connectivity index (χ4n) is 3.19. The SMILES string of the molecule is O=C(CCn1cc[n+](CC(=O)c2ccccc2)c1)Nc1cccc2cccnc12.[Br-]. The first-order valence-corrected chi connectivity index (χ1v) is 9.46. The second kappa shape index (κ2) is 9.93. The van der Waals surface area contributed by atoms with Crippen LogP contribution in [-0.2, 0) is 17.9 Å². The van der Waals surface area contributed by atoms with Crippen molar-refractivity contribution >= 4 is 28.3 Å². The van der Waals surface area contributed by atoms with Gasteiger partial charge >= 0.3 is 0 Å². The molecule has 30 heavy (non-hydrogen) atoms. The number of rotatable bonds is 7. The highest BCUT2D eigenvalue weighted by Crippen LogP contribution is 2.20. The van der Waals surface area contributed by atoms with Crippen molar-refractivity contribution < 1.29 is 31.1 Å². The number of imidazole rings is 1. The van der Waals surface area contributed by atoms with Crippen molar-refractivity contribution in [2.75, 3.05) is 5.32 Å². The van der Waals surface area contributed by atoms with Crippen LogP contribution in [0.15, 0.2) is 85.6 Å². The average molecular weight is 465 g/mol. The molecule has 0 bridgehead atoms. The zero-order valence-electron chi connectivity index (χ0n) is 16.2. The van der Waals surface area contributed by atoms with Gasteiger partial charge in [0.05, 0.1) is 24.2 Å². The topological polar surface area (TPSA) is 67.9 Å². The molecule has 0 fully saturated rings. The fourth-order valence-corrected chi connectivity index (χ4v) is 3.19. The van der Waals surface area contributed by atoms with Crippen LogP contribution in [0.5, 0.6) is 0 Å². The van der Waals surface area contributed by atoms with E-state index in [-0.39, 0.29) is 35.2 Å². The van der Waals surface area contributed by atoms with Crippen LogP contribution in [0.4, 0.5) is 5.69 Å². The molecule has 4 aromatic rings. The van der Waals surface area contributed by atoms with E-state index in [0.29, 0.717) is 24.2 Å².